The molecule has 136 valence electrons. The second kappa shape index (κ2) is 6.70. The van der Waals surface area contributed by atoms with E-state index in [9.17, 15) is 4.79 Å². The molecule has 0 atom stereocenters. The molecule has 3 heterocycles. The zero-order valence-electron chi connectivity index (χ0n) is 15.6. The molecule has 2 fully saturated rings. The molecule has 2 saturated heterocycles. The third-order valence-corrected chi connectivity index (χ3v) is 5.43. The molecule has 0 aromatic carbocycles. The minimum atomic E-state index is -0.532. The summed E-state index contributed by atoms with van der Waals surface area (Å²) in [5.74, 6) is -0.189. The first-order valence-electron chi connectivity index (χ1n) is 8.77. The second-order valence-corrected chi connectivity index (χ2v) is 7.68. The molecular weight excluding hydrogens is 321 g/mol. The Morgan fingerprint density at radius 2 is 1.76 bits per heavy atom. The van der Waals surface area contributed by atoms with Gasteiger partial charge in [0.1, 0.15) is 5.69 Å². The van der Waals surface area contributed by atoms with Crippen molar-refractivity contribution in [3.63, 3.8) is 0 Å². The maximum absolute atomic E-state index is 12.1. The SMILES string of the molecule is COC(=O)c1cc(B2OC(C)(C)C(C)(C)O2)cc(C2CCOCC2)n1. The van der Waals surface area contributed by atoms with E-state index >= 15 is 0 Å². The molecule has 0 unspecified atom stereocenters. The average molecular weight is 347 g/mol. The zero-order valence-corrected chi connectivity index (χ0v) is 15.6. The Bertz CT molecular complexity index is 639. The summed E-state index contributed by atoms with van der Waals surface area (Å²) >= 11 is 0. The summed E-state index contributed by atoms with van der Waals surface area (Å²) in [4.78, 5) is 16.6. The van der Waals surface area contributed by atoms with Gasteiger partial charge in [-0.3, -0.25) is 0 Å². The van der Waals surface area contributed by atoms with Crippen molar-refractivity contribution in [1.82, 2.24) is 4.98 Å². The fourth-order valence-corrected chi connectivity index (χ4v) is 3.10. The van der Waals surface area contributed by atoms with Gasteiger partial charge >= 0.3 is 13.1 Å². The maximum Gasteiger partial charge on any atom is 0.494 e. The lowest BCUT2D eigenvalue weighted by molar-refractivity contribution is 0.00578. The van der Waals surface area contributed by atoms with Gasteiger partial charge in [-0.2, -0.15) is 0 Å². The van der Waals surface area contributed by atoms with Crippen LogP contribution in [-0.2, 0) is 18.8 Å². The third-order valence-electron chi connectivity index (χ3n) is 5.43. The molecule has 0 aliphatic carbocycles. The maximum atomic E-state index is 12.1. The van der Waals surface area contributed by atoms with E-state index in [0.717, 1.165) is 24.0 Å². The standard InChI is InChI=1S/C18H26BNO5/c1-17(2)18(3,4)25-19(24-17)13-10-14(12-6-8-23-9-7-12)20-15(11-13)16(21)22-5/h10-12H,6-9H2,1-5H3. The lowest BCUT2D eigenvalue weighted by Crippen LogP contribution is -2.41. The predicted molar refractivity (Wildman–Crippen MR) is 94.1 cm³/mol. The number of hydrogen-bond donors (Lipinski definition) is 0. The van der Waals surface area contributed by atoms with Gasteiger partial charge in [-0.15, -0.1) is 0 Å². The number of aromatic nitrogens is 1. The lowest BCUT2D eigenvalue weighted by Gasteiger charge is -2.32. The number of rotatable bonds is 3. The fraction of sp³-hybridized carbons (Fsp3) is 0.667. The van der Waals surface area contributed by atoms with Gasteiger partial charge in [0.05, 0.1) is 18.3 Å². The van der Waals surface area contributed by atoms with Gasteiger partial charge < -0.3 is 18.8 Å². The molecule has 2 aliphatic rings. The number of esters is 1. The minimum Gasteiger partial charge on any atom is -0.464 e. The highest BCUT2D eigenvalue weighted by Gasteiger charge is 2.52. The van der Waals surface area contributed by atoms with Gasteiger partial charge in [0.2, 0.25) is 0 Å². The van der Waals surface area contributed by atoms with Gasteiger partial charge in [-0.25, -0.2) is 9.78 Å². The molecular formula is C18H26BNO5. The zero-order chi connectivity index (χ0) is 18.2. The molecule has 6 nitrogen and oxygen atoms in total. The number of hydrogen-bond acceptors (Lipinski definition) is 6. The van der Waals surface area contributed by atoms with Crippen LogP contribution < -0.4 is 5.46 Å². The van der Waals surface area contributed by atoms with Gasteiger partial charge in [0.15, 0.2) is 0 Å². The number of nitrogens with zero attached hydrogens (tertiary/aromatic N) is 1. The van der Waals surface area contributed by atoms with Crippen molar-refractivity contribution < 1.29 is 23.6 Å². The smallest absolute Gasteiger partial charge is 0.464 e. The molecule has 25 heavy (non-hydrogen) atoms. The summed E-state index contributed by atoms with van der Waals surface area (Å²) in [5.41, 5.74) is 1.08. The average Bonchev–Trinajstić information content (AvgIpc) is 2.82. The molecule has 7 heteroatoms. The van der Waals surface area contributed by atoms with E-state index in [1.54, 1.807) is 6.07 Å². The molecule has 3 rings (SSSR count). The van der Waals surface area contributed by atoms with Crippen molar-refractivity contribution in [2.75, 3.05) is 20.3 Å². The van der Waals surface area contributed by atoms with Crippen LogP contribution >= 0.6 is 0 Å². The monoisotopic (exact) mass is 347 g/mol. The van der Waals surface area contributed by atoms with Crippen LogP contribution in [0, 0.1) is 0 Å². The van der Waals surface area contributed by atoms with Crippen molar-refractivity contribution in [2.24, 2.45) is 0 Å². The van der Waals surface area contributed by atoms with Crippen molar-refractivity contribution in [2.45, 2.75) is 57.7 Å². The van der Waals surface area contributed by atoms with E-state index in [-0.39, 0.29) is 11.6 Å². The Labute approximate surface area is 149 Å². The third kappa shape index (κ3) is 3.59. The first kappa shape index (κ1) is 18.4. The van der Waals surface area contributed by atoms with E-state index in [1.165, 1.54) is 7.11 Å². The van der Waals surface area contributed by atoms with Crippen LogP contribution in [0.5, 0.6) is 0 Å². The summed E-state index contributed by atoms with van der Waals surface area (Å²) in [6.07, 6.45) is 1.78. The van der Waals surface area contributed by atoms with E-state index in [2.05, 4.69) is 4.98 Å². The van der Waals surface area contributed by atoms with Crippen LogP contribution in [0.3, 0.4) is 0 Å². The first-order chi connectivity index (χ1) is 11.7. The molecule has 0 bridgehead atoms. The molecule has 1 aromatic heterocycles. The van der Waals surface area contributed by atoms with Gasteiger partial charge in [-0.05, 0) is 58.1 Å². The Balaban J connectivity index is 1.97. The normalized spacial score (nSPS) is 22.8. The van der Waals surface area contributed by atoms with Crippen LogP contribution in [0.4, 0.5) is 0 Å². The fourth-order valence-electron chi connectivity index (χ4n) is 3.10. The molecule has 2 aliphatic heterocycles. The van der Waals surface area contributed by atoms with Gasteiger partial charge in [0, 0.05) is 24.8 Å². The Morgan fingerprint density at radius 1 is 1.16 bits per heavy atom. The van der Waals surface area contributed by atoms with Gasteiger partial charge in [-0.1, -0.05) is 0 Å². The Morgan fingerprint density at radius 3 is 2.32 bits per heavy atom. The highest BCUT2D eigenvalue weighted by Crippen LogP contribution is 2.36. The van der Waals surface area contributed by atoms with E-state index in [0.29, 0.717) is 13.2 Å². The van der Waals surface area contributed by atoms with Crippen molar-refractivity contribution in [3.8, 4) is 0 Å². The number of ether oxygens (including phenoxy) is 2. The highest BCUT2D eigenvalue weighted by atomic mass is 16.7. The number of pyridine rings is 1. The Hall–Kier alpha value is -1.44. The number of carbonyl (C=O) groups is 1. The van der Waals surface area contributed by atoms with Crippen LogP contribution in [0.15, 0.2) is 12.1 Å². The molecule has 0 N–H and O–H groups in total. The van der Waals surface area contributed by atoms with Gasteiger partial charge in [0.25, 0.3) is 0 Å². The van der Waals surface area contributed by atoms with E-state index < -0.39 is 24.3 Å². The van der Waals surface area contributed by atoms with Crippen LogP contribution in [0.2, 0.25) is 0 Å². The summed E-state index contributed by atoms with van der Waals surface area (Å²) in [6.45, 7) is 9.45. The molecule has 0 spiro atoms. The quantitative estimate of drug-likeness (QED) is 0.616. The summed E-state index contributed by atoms with van der Waals surface area (Å²) in [5, 5.41) is 0. The number of carbonyl (C=O) groups excluding carboxylic acids is 1. The largest absolute Gasteiger partial charge is 0.494 e. The van der Waals surface area contributed by atoms with E-state index in [1.807, 2.05) is 33.8 Å². The predicted octanol–water partition coefficient (Wildman–Crippen LogP) is 2.06. The van der Waals surface area contributed by atoms with Crippen molar-refractivity contribution in [1.29, 1.82) is 0 Å². The molecule has 0 amide bonds. The van der Waals surface area contributed by atoms with Crippen LogP contribution in [0.1, 0.15) is 62.6 Å². The minimum absolute atomic E-state index is 0.263. The first-order valence-corrected chi connectivity index (χ1v) is 8.77. The van der Waals surface area contributed by atoms with Crippen molar-refractivity contribution in [3.05, 3.63) is 23.5 Å². The van der Waals surface area contributed by atoms with Crippen molar-refractivity contribution >= 4 is 18.6 Å². The summed E-state index contributed by atoms with van der Waals surface area (Å²) in [7, 11) is 0.828. The summed E-state index contributed by atoms with van der Waals surface area (Å²) < 4.78 is 22.6. The lowest BCUT2D eigenvalue weighted by atomic mass is 9.77. The van der Waals surface area contributed by atoms with Crippen LogP contribution in [-0.4, -0.2) is 49.6 Å². The van der Waals surface area contributed by atoms with E-state index in [4.69, 9.17) is 18.8 Å². The Kier molecular flexibility index (Phi) is 4.92. The molecule has 0 radical (unpaired) electrons. The molecule has 0 saturated carbocycles. The topological polar surface area (TPSA) is 66.9 Å². The summed E-state index contributed by atoms with van der Waals surface area (Å²) in [6, 6.07) is 3.70. The highest BCUT2D eigenvalue weighted by molar-refractivity contribution is 6.62. The number of methoxy groups -OCH3 is 1. The second-order valence-electron chi connectivity index (χ2n) is 7.68. The van der Waals surface area contributed by atoms with Crippen LogP contribution in [0.25, 0.3) is 0 Å². The molecule has 1 aromatic rings.